The number of hydrogen-bond acceptors (Lipinski definition) is 3. The molecule has 1 aromatic heterocycles. The predicted molar refractivity (Wildman–Crippen MR) is 75.6 cm³/mol. The highest BCUT2D eigenvalue weighted by atomic mass is 15.1. The molecule has 98 valence electrons. The predicted octanol–water partition coefficient (Wildman–Crippen LogP) is 1.86. The molecule has 0 bridgehead atoms. The molecule has 0 atom stereocenters. The van der Waals surface area contributed by atoms with Crippen molar-refractivity contribution in [3.8, 4) is 0 Å². The Hall–Kier alpha value is -1.19. The molecule has 1 fully saturated rings. The van der Waals surface area contributed by atoms with Gasteiger partial charge in [-0.15, -0.1) is 0 Å². The minimum Gasteiger partial charge on any atom is -0.310 e. The van der Waals surface area contributed by atoms with Crippen molar-refractivity contribution in [3.63, 3.8) is 0 Å². The number of aromatic nitrogens is 1. The summed E-state index contributed by atoms with van der Waals surface area (Å²) in [5.74, 6) is 0. The molecular formula is C15H23N3. The Morgan fingerprint density at radius 3 is 3.00 bits per heavy atom. The molecule has 1 aromatic rings. The van der Waals surface area contributed by atoms with Gasteiger partial charge in [0.15, 0.2) is 0 Å². The lowest BCUT2D eigenvalue weighted by atomic mass is 10.2. The fourth-order valence-electron chi connectivity index (χ4n) is 1.94. The maximum atomic E-state index is 4.34. The second-order valence-corrected chi connectivity index (χ2v) is 5.21. The summed E-state index contributed by atoms with van der Waals surface area (Å²) < 4.78 is 0. The Bertz CT molecular complexity index is 371. The van der Waals surface area contributed by atoms with Gasteiger partial charge in [0.2, 0.25) is 0 Å². The number of nitrogens with zero attached hydrogens (tertiary/aromatic N) is 2. The van der Waals surface area contributed by atoms with Crippen LogP contribution in [0.15, 0.2) is 36.5 Å². The fraction of sp³-hybridized carbons (Fsp3) is 0.533. The number of pyridine rings is 1. The van der Waals surface area contributed by atoms with Gasteiger partial charge < -0.3 is 10.2 Å². The topological polar surface area (TPSA) is 28.2 Å². The summed E-state index contributed by atoms with van der Waals surface area (Å²) in [5.41, 5.74) is 2.43. The van der Waals surface area contributed by atoms with E-state index in [0.717, 1.165) is 37.8 Å². The number of hydrogen-bond donors (Lipinski definition) is 1. The third-order valence-electron chi connectivity index (χ3n) is 3.19. The zero-order valence-corrected chi connectivity index (χ0v) is 11.2. The average molecular weight is 245 g/mol. The highest BCUT2D eigenvalue weighted by Crippen LogP contribution is 2.18. The molecule has 0 radical (unpaired) electrons. The van der Waals surface area contributed by atoms with Crippen LogP contribution in [-0.4, -0.2) is 42.6 Å². The number of nitrogens with one attached hydrogen (secondary N) is 1. The molecule has 0 saturated heterocycles. The third-order valence-corrected chi connectivity index (χ3v) is 3.19. The minimum absolute atomic E-state index is 0.764. The van der Waals surface area contributed by atoms with Gasteiger partial charge in [0.25, 0.3) is 0 Å². The van der Waals surface area contributed by atoms with E-state index in [1.54, 1.807) is 0 Å². The highest BCUT2D eigenvalue weighted by Gasteiger charge is 2.20. The van der Waals surface area contributed by atoms with Gasteiger partial charge in [0.1, 0.15) is 0 Å². The van der Waals surface area contributed by atoms with Crippen LogP contribution >= 0.6 is 0 Å². The lowest BCUT2D eigenvalue weighted by molar-refractivity contribution is 0.362. The minimum atomic E-state index is 0.764. The molecule has 1 aliphatic rings. The van der Waals surface area contributed by atoms with Gasteiger partial charge >= 0.3 is 0 Å². The molecule has 18 heavy (non-hydrogen) atoms. The highest BCUT2D eigenvalue weighted by molar-refractivity contribution is 5.05. The van der Waals surface area contributed by atoms with E-state index in [1.165, 1.54) is 18.4 Å². The quantitative estimate of drug-likeness (QED) is 0.709. The Kier molecular flexibility index (Phi) is 4.90. The van der Waals surface area contributed by atoms with Crippen LogP contribution in [0.3, 0.4) is 0 Å². The molecule has 3 heteroatoms. The fourth-order valence-corrected chi connectivity index (χ4v) is 1.94. The summed E-state index contributed by atoms with van der Waals surface area (Å²) >= 11 is 0. The lowest BCUT2D eigenvalue weighted by Gasteiger charge is -2.18. The van der Waals surface area contributed by atoms with Crippen LogP contribution in [-0.2, 0) is 6.42 Å². The Balaban J connectivity index is 1.61. The van der Waals surface area contributed by atoms with E-state index in [4.69, 9.17) is 0 Å². The molecule has 1 aliphatic carbocycles. The van der Waals surface area contributed by atoms with Crippen LogP contribution in [0, 0.1) is 0 Å². The SMILES string of the molecule is C=C(CNC1CC1)CN(C)CCc1ccccn1. The van der Waals surface area contributed by atoms with Crippen LogP contribution in [0.25, 0.3) is 0 Å². The second kappa shape index (κ2) is 6.66. The second-order valence-electron chi connectivity index (χ2n) is 5.21. The van der Waals surface area contributed by atoms with Crippen molar-refractivity contribution in [2.45, 2.75) is 25.3 Å². The van der Waals surface area contributed by atoms with Gasteiger partial charge in [-0.2, -0.15) is 0 Å². The zero-order valence-electron chi connectivity index (χ0n) is 11.2. The van der Waals surface area contributed by atoms with Crippen molar-refractivity contribution in [2.24, 2.45) is 0 Å². The maximum absolute atomic E-state index is 4.34. The van der Waals surface area contributed by atoms with Crippen molar-refractivity contribution in [2.75, 3.05) is 26.7 Å². The Labute approximate surface area is 110 Å². The molecular weight excluding hydrogens is 222 g/mol. The summed E-state index contributed by atoms with van der Waals surface area (Å²) in [4.78, 5) is 6.65. The van der Waals surface area contributed by atoms with Gasteiger partial charge in [0.05, 0.1) is 0 Å². The Morgan fingerprint density at radius 2 is 2.33 bits per heavy atom. The van der Waals surface area contributed by atoms with E-state index in [1.807, 2.05) is 18.3 Å². The molecule has 0 amide bonds. The summed E-state index contributed by atoms with van der Waals surface area (Å²) in [6, 6.07) is 6.84. The summed E-state index contributed by atoms with van der Waals surface area (Å²) in [7, 11) is 2.14. The normalized spacial score (nSPS) is 15.0. The third kappa shape index (κ3) is 4.98. The van der Waals surface area contributed by atoms with Crippen LogP contribution in [0.4, 0.5) is 0 Å². The van der Waals surface area contributed by atoms with Crippen molar-refractivity contribution >= 4 is 0 Å². The summed E-state index contributed by atoms with van der Waals surface area (Å²) in [5, 5.41) is 3.50. The van der Waals surface area contributed by atoms with Crippen LogP contribution in [0.2, 0.25) is 0 Å². The summed E-state index contributed by atoms with van der Waals surface area (Å²) in [6.45, 7) is 7.08. The molecule has 2 rings (SSSR count). The molecule has 0 spiro atoms. The van der Waals surface area contributed by atoms with Gasteiger partial charge in [-0.3, -0.25) is 4.98 Å². The number of rotatable bonds is 8. The van der Waals surface area contributed by atoms with E-state index in [-0.39, 0.29) is 0 Å². The molecule has 1 saturated carbocycles. The standard InChI is InChI=1S/C15H23N3/c1-13(11-17-15-6-7-15)12-18(2)10-8-14-5-3-4-9-16-14/h3-5,9,15,17H,1,6-8,10-12H2,2H3. The van der Waals surface area contributed by atoms with E-state index in [2.05, 4.69) is 34.9 Å². The lowest BCUT2D eigenvalue weighted by Crippen LogP contribution is -2.28. The molecule has 1 N–H and O–H groups in total. The first-order valence-corrected chi connectivity index (χ1v) is 6.72. The smallest absolute Gasteiger partial charge is 0.0416 e. The van der Waals surface area contributed by atoms with Crippen LogP contribution in [0.1, 0.15) is 18.5 Å². The van der Waals surface area contributed by atoms with E-state index >= 15 is 0 Å². The van der Waals surface area contributed by atoms with Crippen molar-refractivity contribution in [1.29, 1.82) is 0 Å². The van der Waals surface area contributed by atoms with Crippen molar-refractivity contribution in [3.05, 3.63) is 42.2 Å². The molecule has 3 nitrogen and oxygen atoms in total. The first-order valence-electron chi connectivity index (χ1n) is 6.72. The largest absolute Gasteiger partial charge is 0.310 e. The van der Waals surface area contributed by atoms with Crippen LogP contribution in [0.5, 0.6) is 0 Å². The first-order chi connectivity index (χ1) is 8.74. The van der Waals surface area contributed by atoms with Gasteiger partial charge in [-0.05, 0) is 37.6 Å². The van der Waals surface area contributed by atoms with Gasteiger partial charge in [0, 0.05) is 44.0 Å². The monoisotopic (exact) mass is 245 g/mol. The van der Waals surface area contributed by atoms with Crippen molar-refractivity contribution in [1.82, 2.24) is 15.2 Å². The van der Waals surface area contributed by atoms with Gasteiger partial charge in [-0.25, -0.2) is 0 Å². The molecule has 0 aromatic carbocycles. The first kappa shape index (κ1) is 13.2. The van der Waals surface area contributed by atoms with E-state index in [0.29, 0.717) is 0 Å². The van der Waals surface area contributed by atoms with Crippen molar-refractivity contribution < 1.29 is 0 Å². The maximum Gasteiger partial charge on any atom is 0.0416 e. The zero-order chi connectivity index (χ0) is 12.8. The molecule has 0 unspecified atom stereocenters. The van der Waals surface area contributed by atoms with Gasteiger partial charge in [-0.1, -0.05) is 12.6 Å². The average Bonchev–Trinajstić information content (AvgIpc) is 3.19. The van der Waals surface area contributed by atoms with Crippen LogP contribution < -0.4 is 5.32 Å². The van der Waals surface area contributed by atoms with E-state index in [9.17, 15) is 0 Å². The molecule has 1 heterocycles. The van der Waals surface area contributed by atoms with E-state index < -0.39 is 0 Å². The summed E-state index contributed by atoms with van der Waals surface area (Å²) in [6.07, 6.45) is 5.53. The molecule has 0 aliphatic heterocycles. The Morgan fingerprint density at radius 1 is 1.50 bits per heavy atom. The number of likely N-dealkylation sites (N-methyl/N-ethyl adjacent to an activating group) is 1.